The lowest BCUT2D eigenvalue weighted by Gasteiger charge is -2.19. The maximum atomic E-state index is 10.2. The van der Waals surface area contributed by atoms with E-state index in [2.05, 4.69) is 133 Å². The minimum absolute atomic E-state index is 0.0691. The van der Waals surface area contributed by atoms with Gasteiger partial charge in [-0.15, -0.1) is 0 Å². The van der Waals surface area contributed by atoms with Crippen LogP contribution in [0.4, 0.5) is 0 Å². The fraction of sp³-hybridized carbons (Fsp3) is 0. The summed E-state index contributed by atoms with van der Waals surface area (Å²) in [5, 5.41) is 15.9. The van der Waals surface area contributed by atoms with Crippen LogP contribution in [-0.4, -0.2) is 0 Å². The van der Waals surface area contributed by atoms with Gasteiger partial charge in [0.25, 0.3) is 0 Å². The highest BCUT2D eigenvalue weighted by Crippen LogP contribution is 2.45. The first-order chi connectivity index (χ1) is 25.0. The van der Waals surface area contributed by atoms with Gasteiger partial charge in [-0.25, -0.2) is 0 Å². The van der Waals surface area contributed by atoms with E-state index in [0.717, 1.165) is 59.8 Å². The number of rotatable bonds is 3. The minimum Gasteiger partial charge on any atom is -0.0616 e. The van der Waals surface area contributed by atoms with Crippen LogP contribution in [0.15, 0.2) is 170 Å². The summed E-state index contributed by atoms with van der Waals surface area (Å²) >= 11 is 0. The van der Waals surface area contributed by atoms with Crippen molar-refractivity contribution in [1.82, 2.24) is 0 Å². The van der Waals surface area contributed by atoms with Crippen LogP contribution in [0.5, 0.6) is 0 Å². The van der Waals surface area contributed by atoms with Crippen molar-refractivity contribution in [1.29, 1.82) is 0 Å². The first-order valence-electron chi connectivity index (χ1n) is 18.0. The Bertz CT molecular complexity index is 3200. The molecule has 11 aromatic carbocycles. The maximum absolute atomic E-state index is 10.2. The van der Waals surface area contributed by atoms with E-state index in [-0.39, 0.29) is 18.1 Å². The lowest BCUT2D eigenvalue weighted by molar-refractivity contribution is 1.60. The van der Waals surface area contributed by atoms with Crippen LogP contribution in [0.1, 0.15) is 4.11 Å². The van der Waals surface area contributed by atoms with E-state index in [9.17, 15) is 4.11 Å². The predicted octanol–water partition coefficient (Wildman–Crippen LogP) is 13.6. The number of fused-ring (bicyclic) bond motifs is 1. The van der Waals surface area contributed by atoms with Gasteiger partial charge in [-0.1, -0.05) is 158 Å². The average molecular weight is 608 g/mol. The maximum Gasteiger partial charge on any atom is 0.0636 e. The molecule has 0 heterocycles. The summed E-state index contributed by atoms with van der Waals surface area (Å²) in [5.74, 6) is 0. The van der Waals surface area contributed by atoms with E-state index in [1.54, 1.807) is 0 Å². The highest BCUT2D eigenvalue weighted by molar-refractivity contribution is 6.27. The van der Waals surface area contributed by atoms with Crippen molar-refractivity contribution < 1.29 is 4.11 Å². The third-order valence-electron chi connectivity index (χ3n) is 10.4. The van der Waals surface area contributed by atoms with Crippen molar-refractivity contribution in [3.05, 3.63) is 170 Å². The van der Waals surface area contributed by atoms with Crippen molar-refractivity contribution in [3.63, 3.8) is 0 Å². The normalized spacial score (nSPS) is 13.0. The van der Waals surface area contributed by atoms with Gasteiger partial charge in [0.2, 0.25) is 0 Å². The average Bonchev–Trinajstić information content (AvgIpc) is 3.17. The first-order valence-corrected chi connectivity index (χ1v) is 16.5. The molecule has 0 unspecified atom stereocenters. The Morgan fingerprint density at radius 2 is 0.771 bits per heavy atom. The molecule has 0 fully saturated rings. The smallest absolute Gasteiger partial charge is 0.0616 e. The van der Waals surface area contributed by atoms with Gasteiger partial charge in [0.05, 0.1) is 4.11 Å². The van der Waals surface area contributed by atoms with E-state index in [4.69, 9.17) is 0 Å². The van der Waals surface area contributed by atoms with Gasteiger partial charge >= 0.3 is 0 Å². The van der Waals surface area contributed by atoms with Gasteiger partial charge < -0.3 is 0 Å². The Labute approximate surface area is 282 Å². The van der Waals surface area contributed by atoms with E-state index in [0.29, 0.717) is 16.7 Å². The molecule has 0 saturated carbocycles. The minimum atomic E-state index is 0.0691. The monoisotopic (exact) mass is 607 g/mol. The van der Waals surface area contributed by atoms with E-state index in [1.165, 1.54) is 32.3 Å². The molecule has 48 heavy (non-hydrogen) atoms. The summed E-state index contributed by atoms with van der Waals surface area (Å²) in [6.07, 6.45) is 0. The zero-order valence-corrected chi connectivity index (χ0v) is 25.9. The summed E-state index contributed by atoms with van der Waals surface area (Å²) < 4.78 is 29.6. The van der Waals surface area contributed by atoms with E-state index in [1.807, 2.05) is 18.2 Å². The standard InChI is InChI=1S/C48H28/c1-2-6-36-27-37(16-11-29(36)5-1)40-23-21-38(39-22-17-34-14-12-30-7-3-9-32-19-25-42(39)47(34)45(30)32)28-44(40)41-24-18-35-15-13-31-8-4-10-33-20-26-43(41)48(35)46(31)33/h1-28H/i21D,23D,28D. The van der Waals surface area contributed by atoms with Crippen molar-refractivity contribution >= 4 is 75.4 Å². The number of hydrogen-bond acceptors (Lipinski definition) is 0. The Hall–Kier alpha value is -6.24. The summed E-state index contributed by atoms with van der Waals surface area (Å²) in [6.45, 7) is 0. The summed E-state index contributed by atoms with van der Waals surface area (Å²) in [5.41, 5.74) is 4.35. The molecule has 0 atom stereocenters. The quantitative estimate of drug-likeness (QED) is 0.175. The molecule has 0 aliphatic carbocycles. The highest BCUT2D eigenvalue weighted by Gasteiger charge is 2.18. The molecule has 0 N–H and O–H groups in total. The molecular weight excluding hydrogens is 577 g/mol. The molecule has 0 bridgehead atoms. The molecule has 0 radical (unpaired) electrons. The molecule has 0 nitrogen and oxygen atoms in total. The van der Waals surface area contributed by atoms with Crippen molar-refractivity contribution in [3.8, 4) is 33.4 Å². The van der Waals surface area contributed by atoms with Crippen LogP contribution in [0.2, 0.25) is 0 Å². The molecular formula is C48H28. The van der Waals surface area contributed by atoms with Crippen molar-refractivity contribution in [2.75, 3.05) is 0 Å². The van der Waals surface area contributed by atoms with Gasteiger partial charge in [0.15, 0.2) is 0 Å². The van der Waals surface area contributed by atoms with Crippen LogP contribution >= 0.6 is 0 Å². The fourth-order valence-corrected chi connectivity index (χ4v) is 8.21. The Balaban J connectivity index is 1.29. The van der Waals surface area contributed by atoms with Crippen LogP contribution in [-0.2, 0) is 0 Å². The first kappa shape index (κ1) is 23.1. The van der Waals surface area contributed by atoms with Gasteiger partial charge in [-0.2, -0.15) is 0 Å². The van der Waals surface area contributed by atoms with Crippen LogP contribution in [0.25, 0.3) is 109 Å². The lowest BCUT2D eigenvalue weighted by Crippen LogP contribution is -1.92. The molecule has 0 aromatic heterocycles. The summed E-state index contributed by atoms with van der Waals surface area (Å²) in [4.78, 5) is 0. The highest BCUT2D eigenvalue weighted by atomic mass is 14.2. The van der Waals surface area contributed by atoms with E-state index >= 15 is 0 Å². The molecule has 0 spiro atoms. The van der Waals surface area contributed by atoms with Crippen molar-refractivity contribution in [2.24, 2.45) is 0 Å². The topological polar surface area (TPSA) is 0 Å². The SMILES string of the molecule is [2H]c1c([2H])c(-c2ccc3ccccc3c2)c(-c2ccc3ccc4cccc5ccc2c3c45)c([2H])c1-c1ccc2ccc3cccc4ccc1c2c34. The number of benzene rings is 11. The zero-order chi connectivity index (χ0) is 34.0. The Morgan fingerprint density at radius 1 is 0.292 bits per heavy atom. The molecule has 11 aromatic rings. The molecule has 0 aliphatic heterocycles. The van der Waals surface area contributed by atoms with E-state index < -0.39 is 0 Å². The Kier molecular flexibility index (Phi) is 4.65. The van der Waals surface area contributed by atoms with Crippen LogP contribution < -0.4 is 0 Å². The largest absolute Gasteiger partial charge is 0.0636 e. The van der Waals surface area contributed by atoms with Gasteiger partial charge in [-0.05, 0) is 121 Å². The van der Waals surface area contributed by atoms with Gasteiger partial charge in [-0.3, -0.25) is 0 Å². The van der Waals surface area contributed by atoms with Gasteiger partial charge in [0, 0.05) is 0 Å². The van der Waals surface area contributed by atoms with Crippen LogP contribution in [0, 0.1) is 0 Å². The lowest BCUT2D eigenvalue weighted by atomic mass is 9.84. The molecule has 0 amide bonds. The van der Waals surface area contributed by atoms with Gasteiger partial charge in [0.1, 0.15) is 0 Å². The number of hydrogen-bond donors (Lipinski definition) is 0. The second-order valence-electron chi connectivity index (χ2n) is 13.0. The third-order valence-corrected chi connectivity index (χ3v) is 10.4. The van der Waals surface area contributed by atoms with Crippen molar-refractivity contribution in [2.45, 2.75) is 0 Å². The molecule has 0 aliphatic rings. The molecule has 220 valence electrons. The predicted molar refractivity (Wildman–Crippen MR) is 208 cm³/mol. The molecule has 11 rings (SSSR count). The second kappa shape index (κ2) is 9.64. The Morgan fingerprint density at radius 3 is 1.42 bits per heavy atom. The molecule has 0 heteroatoms. The zero-order valence-electron chi connectivity index (χ0n) is 28.9. The molecule has 0 saturated heterocycles. The summed E-state index contributed by atoms with van der Waals surface area (Å²) in [7, 11) is 0. The fourth-order valence-electron chi connectivity index (χ4n) is 8.21. The second-order valence-corrected chi connectivity index (χ2v) is 13.0. The third kappa shape index (κ3) is 3.60. The van der Waals surface area contributed by atoms with Crippen LogP contribution in [0.3, 0.4) is 0 Å². The summed E-state index contributed by atoms with van der Waals surface area (Å²) in [6, 6.07) is 53.5.